The van der Waals surface area contributed by atoms with Gasteiger partial charge in [0.25, 0.3) is 0 Å². The second kappa shape index (κ2) is 6.38. The smallest absolute Gasteiger partial charge is 0.0697 e. The molecule has 0 bridgehead atoms. The average Bonchev–Trinajstić information content (AvgIpc) is 2.74. The first kappa shape index (κ1) is 14.3. The van der Waals surface area contributed by atoms with E-state index >= 15 is 0 Å². The van der Waals surface area contributed by atoms with E-state index in [4.69, 9.17) is 16.3 Å². The zero-order chi connectivity index (χ0) is 13.0. The Kier molecular flexibility index (Phi) is 5.07. The van der Waals surface area contributed by atoms with Crippen molar-refractivity contribution in [3.05, 3.63) is 21.3 Å². The predicted octanol–water partition coefficient (Wildman–Crippen LogP) is 4.40. The minimum absolute atomic E-state index is 0.0821. The van der Waals surface area contributed by atoms with Crippen molar-refractivity contribution in [2.75, 3.05) is 13.7 Å². The van der Waals surface area contributed by atoms with Gasteiger partial charge < -0.3 is 10.1 Å². The first-order valence-corrected chi connectivity index (χ1v) is 7.98. The fourth-order valence-corrected chi connectivity index (χ4v) is 3.83. The van der Waals surface area contributed by atoms with Gasteiger partial charge in [0.05, 0.1) is 10.6 Å². The van der Waals surface area contributed by atoms with Gasteiger partial charge in [-0.05, 0) is 50.1 Å². The Bertz CT molecular complexity index is 370. The van der Waals surface area contributed by atoms with Crippen LogP contribution in [0.5, 0.6) is 0 Å². The molecule has 0 saturated heterocycles. The molecular weight excluding hydrogens is 266 g/mol. The molecular formula is C14H22ClNOS. The van der Waals surface area contributed by atoms with E-state index in [1.54, 1.807) is 11.3 Å². The van der Waals surface area contributed by atoms with Gasteiger partial charge in [0.2, 0.25) is 0 Å². The van der Waals surface area contributed by atoms with Crippen LogP contribution >= 0.6 is 22.9 Å². The molecule has 0 aromatic carbocycles. The van der Waals surface area contributed by atoms with Crippen LogP contribution < -0.4 is 5.32 Å². The van der Waals surface area contributed by atoms with Gasteiger partial charge in [-0.15, -0.1) is 11.3 Å². The zero-order valence-corrected chi connectivity index (χ0v) is 12.7. The lowest BCUT2D eigenvalue weighted by Crippen LogP contribution is -2.42. The van der Waals surface area contributed by atoms with Crippen LogP contribution in [0, 0.1) is 0 Å². The molecule has 1 N–H and O–H groups in total. The molecule has 1 aliphatic rings. The van der Waals surface area contributed by atoms with E-state index in [2.05, 4.69) is 17.6 Å². The van der Waals surface area contributed by atoms with Gasteiger partial charge >= 0.3 is 0 Å². The predicted molar refractivity (Wildman–Crippen MR) is 78.6 cm³/mol. The Morgan fingerprint density at radius 2 is 2.33 bits per heavy atom. The van der Waals surface area contributed by atoms with Crippen LogP contribution in [0.1, 0.15) is 49.9 Å². The number of hydrogen-bond donors (Lipinski definition) is 1. The van der Waals surface area contributed by atoms with Crippen molar-refractivity contribution < 1.29 is 4.74 Å². The van der Waals surface area contributed by atoms with Crippen molar-refractivity contribution >= 4 is 22.9 Å². The molecule has 1 heterocycles. The SMILES string of the molecule is CCCNC(CC1(OC)CCC1)c1sccc1Cl. The summed E-state index contributed by atoms with van der Waals surface area (Å²) >= 11 is 8.02. The highest BCUT2D eigenvalue weighted by Gasteiger charge is 2.39. The maximum absolute atomic E-state index is 6.28. The molecule has 1 aliphatic carbocycles. The molecule has 1 unspecified atom stereocenters. The third kappa shape index (κ3) is 3.08. The van der Waals surface area contributed by atoms with Gasteiger partial charge in [0.1, 0.15) is 0 Å². The van der Waals surface area contributed by atoms with Crippen LogP contribution in [0.3, 0.4) is 0 Å². The van der Waals surface area contributed by atoms with Crippen molar-refractivity contribution in [3.63, 3.8) is 0 Å². The van der Waals surface area contributed by atoms with E-state index in [-0.39, 0.29) is 5.60 Å². The van der Waals surface area contributed by atoms with Gasteiger partial charge in [-0.2, -0.15) is 0 Å². The number of ether oxygens (including phenoxy) is 1. The van der Waals surface area contributed by atoms with Crippen molar-refractivity contribution in [1.29, 1.82) is 0 Å². The topological polar surface area (TPSA) is 21.3 Å². The van der Waals surface area contributed by atoms with Gasteiger partial charge in [-0.3, -0.25) is 0 Å². The fraction of sp³-hybridized carbons (Fsp3) is 0.714. The summed E-state index contributed by atoms with van der Waals surface area (Å²) in [7, 11) is 1.84. The second-order valence-electron chi connectivity index (χ2n) is 5.08. The highest BCUT2D eigenvalue weighted by atomic mass is 35.5. The third-order valence-electron chi connectivity index (χ3n) is 3.88. The quantitative estimate of drug-likeness (QED) is 0.802. The molecule has 1 aromatic heterocycles. The lowest BCUT2D eigenvalue weighted by atomic mass is 9.75. The lowest BCUT2D eigenvalue weighted by Gasteiger charge is -2.43. The van der Waals surface area contributed by atoms with Gasteiger partial charge in [-0.1, -0.05) is 18.5 Å². The molecule has 1 fully saturated rings. The van der Waals surface area contributed by atoms with Crippen molar-refractivity contribution in [1.82, 2.24) is 5.32 Å². The van der Waals surface area contributed by atoms with Crippen LogP contribution in [0.2, 0.25) is 5.02 Å². The summed E-state index contributed by atoms with van der Waals surface area (Å²) < 4.78 is 5.74. The fourth-order valence-electron chi connectivity index (χ4n) is 2.56. The van der Waals surface area contributed by atoms with Crippen LogP contribution in [0.25, 0.3) is 0 Å². The summed E-state index contributed by atoms with van der Waals surface area (Å²) in [4.78, 5) is 1.26. The largest absolute Gasteiger partial charge is 0.378 e. The molecule has 1 atom stereocenters. The van der Waals surface area contributed by atoms with E-state index in [1.165, 1.54) is 24.1 Å². The number of nitrogens with one attached hydrogen (secondary N) is 1. The first-order valence-electron chi connectivity index (χ1n) is 6.72. The third-order valence-corrected chi connectivity index (χ3v) is 5.35. The summed E-state index contributed by atoms with van der Waals surface area (Å²) in [6, 6.07) is 2.32. The summed E-state index contributed by atoms with van der Waals surface area (Å²) in [5.41, 5.74) is 0.0821. The minimum atomic E-state index is 0.0821. The number of thiophene rings is 1. The molecule has 0 spiro atoms. The summed E-state index contributed by atoms with van der Waals surface area (Å²) in [6.45, 7) is 3.22. The standard InChI is InChI=1S/C14H22ClNOS/c1-3-8-16-12(13-11(15)5-9-18-13)10-14(17-2)6-4-7-14/h5,9,12,16H,3-4,6-8,10H2,1-2H3. The van der Waals surface area contributed by atoms with Crippen LogP contribution in [0.15, 0.2) is 11.4 Å². The number of hydrogen-bond acceptors (Lipinski definition) is 3. The molecule has 1 aromatic rings. The minimum Gasteiger partial charge on any atom is -0.378 e. The first-order chi connectivity index (χ1) is 8.71. The number of halogens is 1. The number of methoxy groups -OCH3 is 1. The second-order valence-corrected chi connectivity index (χ2v) is 6.44. The van der Waals surface area contributed by atoms with Crippen LogP contribution in [0.4, 0.5) is 0 Å². The van der Waals surface area contributed by atoms with Gasteiger partial charge in [0, 0.05) is 18.0 Å². The van der Waals surface area contributed by atoms with Crippen molar-refractivity contribution in [2.45, 2.75) is 50.7 Å². The maximum Gasteiger partial charge on any atom is 0.0697 e. The Hall–Kier alpha value is -0.0900. The molecule has 2 nitrogen and oxygen atoms in total. The average molecular weight is 288 g/mol. The molecule has 2 rings (SSSR count). The Balaban J connectivity index is 2.08. The normalized spacial score (nSPS) is 19.5. The highest BCUT2D eigenvalue weighted by Crippen LogP contribution is 2.43. The lowest BCUT2D eigenvalue weighted by molar-refractivity contribution is -0.0836. The van der Waals surface area contributed by atoms with E-state index < -0.39 is 0 Å². The molecule has 1 saturated carbocycles. The summed E-state index contributed by atoms with van der Waals surface area (Å²) in [5.74, 6) is 0. The Morgan fingerprint density at radius 3 is 2.78 bits per heavy atom. The van der Waals surface area contributed by atoms with Gasteiger partial charge in [0.15, 0.2) is 0 Å². The summed E-state index contributed by atoms with van der Waals surface area (Å²) in [6.07, 6.45) is 5.81. The molecule has 102 valence electrons. The summed E-state index contributed by atoms with van der Waals surface area (Å²) in [5, 5.41) is 6.57. The van der Waals surface area contributed by atoms with Crippen molar-refractivity contribution in [3.8, 4) is 0 Å². The van der Waals surface area contributed by atoms with E-state index in [0.717, 1.165) is 24.4 Å². The molecule has 0 amide bonds. The highest BCUT2D eigenvalue weighted by molar-refractivity contribution is 7.10. The van der Waals surface area contributed by atoms with E-state index in [0.29, 0.717) is 6.04 Å². The zero-order valence-electron chi connectivity index (χ0n) is 11.2. The molecule has 18 heavy (non-hydrogen) atoms. The molecule has 0 radical (unpaired) electrons. The number of rotatable bonds is 7. The van der Waals surface area contributed by atoms with E-state index in [9.17, 15) is 0 Å². The van der Waals surface area contributed by atoms with Crippen LogP contribution in [-0.4, -0.2) is 19.3 Å². The van der Waals surface area contributed by atoms with Crippen LogP contribution in [-0.2, 0) is 4.74 Å². The monoisotopic (exact) mass is 287 g/mol. The Morgan fingerprint density at radius 1 is 1.56 bits per heavy atom. The molecule has 4 heteroatoms. The Labute approximate surface area is 119 Å². The maximum atomic E-state index is 6.28. The molecule has 0 aliphatic heterocycles. The van der Waals surface area contributed by atoms with E-state index in [1.807, 2.05) is 13.2 Å². The van der Waals surface area contributed by atoms with Crippen molar-refractivity contribution in [2.24, 2.45) is 0 Å². The van der Waals surface area contributed by atoms with Gasteiger partial charge in [-0.25, -0.2) is 0 Å².